The molecule has 1 heterocycles. The van der Waals surface area contributed by atoms with Gasteiger partial charge in [-0.25, -0.2) is 0 Å². The fourth-order valence-electron chi connectivity index (χ4n) is 1.89. The summed E-state index contributed by atoms with van der Waals surface area (Å²) in [6, 6.07) is 0. The Morgan fingerprint density at radius 2 is 1.95 bits per heavy atom. The number of rotatable bonds is 7. The van der Waals surface area contributed by atoms with Crippen LogP contribution in [0.2, 0.25) is 0 Å². The van der Waals surface area contributed by atoms with Crippen molar-refractivity contribution in [1.82, 2.24) is 4.90 Å². The molecule has 4 nitrogen and oxygen atoms in total. The van der Waals surface area contributed by atoms with Gasteiger partial charge in [-0.1, -0.05) is 0 Å². The molecule has 0 spiro atoms. The second-order valence-electron chi connectivity index (χ2n) is 4.92. The Balaban J connectivity index is 2.62. The zero-order valence-electron chi connectivity index (χ0n) is 12.1. The summed E-state index contributed by atoms with van der Waals surface area (Å²) in [5.74, 6) is -1.45. The summed E-state index contributed by atoms with van der Waals surface area (Å²) in [6.07, 6.45) is 8.60. The molecule has 0 bridgehead atoms. The van der Waals surface area contributed by atoms with Crippen LogP contribution in [-0.2, 0) is 31.4 Å². The molecule has 0 aromatic heterocycles. The molecular weight excluding hydrogens is 304 g/mol. The van der Waals surface area contributed by atoms with Gasteiger partial charge in [-0.2, -0.15) is 0 Å². The Morgan fingerprint density at radius 1 is 1.38 bits per heavy atom. The molecule has 6 heteroatoms. The van der Waals surface area contributed by atoms with E-state index in [1.54, 1.807) is 0 Å². The molecule has 0 aromatic carbocycles. The Bertz CT molecular complexity index is 543. The minimum atomic E-state index is -1.61. The van der Waals surface area contributed by atoms with Gasteiger partial charge < -0.3 is 0 Å². The summed E-state index contributed by atoms with van der Waals surface area (Å²) >= 11 is 2.34. The van der Waals surface area contributed by atoms with E-state index in [-0.39, 0.29) is 12.2 Å². The molecule has 1 rings (SSSR count). The van der Waals surface area contributed by atoms with E-state index in [2.05, 4.69) is 17.0 Å². The van der Waals surface area contributed by atoms with Gasteiger partial charge in [0.25, 0.3) is 0 Å². The number of Topliss-reactive ketones (excluding diaryl/α,β-unsaturated/α-hetero) is 1. The number of amides is 2. The van der Waals surface area contributed by atoms with E-state index < -0.39 is 17.3 Å². The number of hydrogen-bond donors (Lipinski definition) is 0. The van der Waals surface area contributed by atoms with Crippen LogP contribution in [0, 0.1) is 0 Å². The molecule has 21 heavy (non-hydrogen) atoms. The Morgan fingerprint density at radius 3 is 2.48 bits per heavy atom. The number of allylic oxidation sites excluding steroid dienone is 4. The van der Waals surface area contributed by atoms with Crippen molar-refractivity contribution in [3.8, 4) is 0 Å². The average molecular weight is 320 g/mol. The van der Waals surface area contributed by atoms with Crippen molar-refractivity contribution in [2.75, 3.05) is 0 Å². The van der Waals surface area contributed by atoms with Gasteiger partial charge in [0.2, 0.25) is 0 Å². The van der Waals surface area contributed by atoms with Crippen molar-refractivity contribution in [2.45, 2.75) is 32.1 Å². The van der Waals surface area contributed by atoms with Gasteiger partial charge in [-0.3, -0.25) is 0 Å². The van der Waals surface area contributed by atoms with E-state index in [4.69, 9.17) is 7.85 Å². The van der Waals surface area contributed by atoms with E-state index in [0.717, 1.165) is 22.6 Å². The van der Waals surface area contributed by atoms with Gasteiger partial charge in [-0.05, 0) is 0 Å². The molecule has 0 saturated heterocycles. The normalized spacial score (nSPS) is 18.3. The number of imide groups is 1. The second kappa shape index (κ2) is 7.53. The first kappa shape index (κ1) is 17.6. The van der Waals surface area contributed by atoms with Gasteiger partial charge in [-0.15, -0.1) is 0 Å². The summed E-state index contributed by atoms with van der Waals surface area (Å²) in [6.45, 7) is 3.33. The molecule has 2 radical (unpaired) electrons. The molecule has 2 amide bonds. The van der Waals surface area contributed by atoms with Crippen LogP contribution in [0.1, 0.15) is 26.7 Å². The first-order valence-electron chi connectivity index (χ1n) is 6.50. The molecule has 0 aliphatic carbocycles. The van der Waals surface area contributed by atoms with Gasteiger partial charge >= 0.3 is 135 Å². The van der Waals surface area contributed by atoms with Crippen LogP contribution in [0.4, 0.5) is 0 Å². The van der Waals surface area contributed by atoms with E-state index in [9.17, 15) is 14.4 Å². The topological polar surface area (TPSA) is 54.5 Å². The van der Waals surface area contributed by atoms with Gasteiger partial charge in [0.05, 0.1) is 0 Å². The predicted molar refractivity (Wildman–Crippen MR) is 78.4 cm³/mol. The number of ketones is 1. The summed E-state index contributed by atoms with van der Waals surface area (Å²) in [4.78, 5) is 36.1. The molecular formula is C15H16BNO3V. The van der Waals surface area contributed by atoms with Crippen LogP contribution in [0.15, 0.2) is 36.0 Å². The maximum absolute atomic E-state index is 12.2. The van der Waals surface area contributed by atoms with Crippen molar-refractivity contribution in [3.63, 3.8) is 0 Å². The molecule has 0 saturated carbocycles. The van der Waals surface area contributed by atoms with Crippen molar-refractivity contribution in [3.05, 3.63) is 36.0 Å². The number of nitrogens with zero attached hydrogens (tertiary/aromatic N) is 1. The minimum absolute atomic E-state index is 0.166. The maximum atomic E-state index is 12.2. The third-order valence-electron chi connectivity index (χ3n) is 3.09. The molecule has 1 unspecified atom stereocenters. The third-order valence-corrected chi connectivity index (χ3v) is 3.33. The standard InChI is InChI=1S/C15H16BNO3.V/c1-4-11(2)7-5-6-8-12(18)15(3,16)17-13(19)9-10-14(17)20;/h1,4-5,7,9-10H,6,8H2,2-3H3;. The fourth-order valence-corrected chi connectivity index (χ4v) is 2.26. The van der Waals surface area contributed by atoms with Crippen LogP contribution in [0.25, 0.3) is 0 Å². The summed E-state index contributed by atoms with van der Waals surface area (Å²) < 4.78 is 1.87. The first-order valence-corrected chi connectivity index (χ1v) is 7.30. The van der Waals surface area contributed by atoms with Crippen LogP contribution in [0.5, 0.6) is 0 Å². The molecule has 0 fully saturated rings. The molecule has 1 aliphatic rings. The zero-order valence-corrected chi connectivity index (χ0v) is 13.5. The predicted octanol–water partition coefficient (Wildman–Crippen LogP) is 0.997. The number of carbonyl (C=O) groups excluding carboxylic acids is 3. The Hall–Kier alpha value is -1.45. The van der Waals surface area contributed by atoms with Crippen molar-refractivity contribution < 1.29 is 31.4 Å². The van der Waals surface area contributed by atoms with E-state index in [1.165, 1.54) is 6.92 Å². The van der Waals surface area contributed by atoms with Gasteiger partial charge in [0.1, 0.15) is 0 Å². The first-order chi connectivity index (χ1) is 9.80. The average Bonchev–Trinajstić information content (AvgIpc) is 2.74. The zero-order chi connectivity index (χ0) is 16.0. The van der Waals surface area contributed by atoms with Crippen molar-refractivity contribution >= 4 is 30.2 Å². The SMILES string of the molecule is [B]C(C)(C(=O)CCC=CC(C)=C[CH]=[V])N1C(=O)C=CC1=O. The van der Waals surface area contributed by atoms with Crippen LogP contribution in [-0.4, -0.2) is 40.5 Å². The van der Waals surface area contributed by atoms with Crippen LogP contribution >= 0.6 is 0 Å². The van der Waals surface area contributed by atoms with Crippen LogP contribution in [0.3, 0.4) is 0 Å². The third kappa shape index (κ3) is 4.51. The fraction of sp³-hybridized carbons (Fsp3) is 0.333. The summed E-state index contributed by atoms with van der Waals surface area (Å²) in [7, 11) is 5.89. The van der Waals surface area contributed by atoms with Crippen LogP contribution < -0.4 is 0 Å². The van der Waals surface area contributed by atoms with E-state index in [0.29, 0.717) is 6.42 Å². The quantitative estimate of drug-likeness (QED) is 0.399. The number of hydrogen-bond acceptors (Lipinski definition) is 3. The molecule has 1 aliphatic heterocycles. The molecule has 1 atom stereocenters. The monoisotopic (exact) mass is 320 g/mol. The van der Waals surface area contributed by atoms with Gasteiger partial charge in [0, 0.05) is 0 Å². The Kier molecular flexibility index (Phi) is 6.31. The second-order valence-corrected chi connectivity index (χ2v) is 5.38. The van der Waals surface area contributed by atoms with Crippen molar-refractivity contribution in [2.24, 2.45) is 0 Å². The van der Waals surface area contributed by atoms with Gasteiger partial charge in [0.15, 0.2) is 0 Å². The molecule has 107 valence electrons. The molecule has 0 aromatic rings. The van der Waals surface area contributed by atoms with E-state index >= 15 is 0 Å². The van der Waals surface area contributed by atoms with Crippen molar-refractivity contribution in [1.29, 1.82) is 0 Å². The number of carbonyl (C=O) groups is 3. The summed E-state index contributed by atoms with van der Waals surface area (Å²) in [5.41, 5.74) is -0.543. The summed E-state index contributed by atoms with van der Waals surface area (Å²) in [5, 5.41) is 0. The Labute approximate surface area is 134 Å². The van der Waals surface area contributed by atoms with E-state index in [1.807, 2.05) is 29.9 Å². The molecule has 0 N–H and O–H groups in total.